The number of hydrogen-bond donors (Lipinski definition) is 3. The smallest absolute Gasteiger partial charge is 0.358 e. The molecule has 9 heteroatoms. The zero-order valence-electron chi connectivity index (χ0n) is 15.5. The molecule has 0 radical (unpaired) electrons. The molecule has 3 N–H and O–H groups in total. The molecule has 3 rings (SSSR count). The number of rotatable bonds is 5. The van der Waals surface area contributed by atoms with Gasteiger partial charge in [-0.15, -0.1) is 0 Å². The van der Waals surface area contributed by atoms with Gasteiger partial charge in [0.05, 0.1) is 6.61 Å². The van der Waals surface area contributed by atoms with Gasteiger partial charge in [-0.25, -0.2) is 0 Å². The standard InChI is InChI=1S/C20H21ClO7S/c1-11-2-6-14(7-3-11)26-20(29)28-18-17(24)16(23)15(10-22)27-19(18)25-13-8-4-12(21)5-9-13/h2-9,15-19,22-24H,10H2,1H3/t15-,16-,17+,18-,19+/m1/s1. The van der Waals surface area contributed by atoms with Gasteiger partial charge in [0.15, 0.2) is 6.10 Å². The van der Waals surface area contributed by atoms with Gasteiger partial charge in [0.2, 0.25) is 6.29 Å². The zero-order valence-corrected chi connectivity index (χ0v) is 17.0. The van der Waals surface area contributed by atoms with Crippen molar-refractivity contribution in [2.75, 3.05) is 6.61 Å². The molecular formula is C20H21ClO7S. The summed E-state index contributed by atoms with van der Waals surface area (Å²) in [5, 5.41) is 30.4. The Kier molecular flexibility index (Phi) is 7.28. The molecule has 1 heterocycles. The van der Waals surface area contributed by atoms with Crippen molar-refractivity contribution in [1.82, 2.24) is 0 Å². The number of aryl methyl sites for hydroxylation is 1. The topological polar surface area (TPSA) is 97.6 Å². The predicted molar refractivity (Wildman–Crippen MR) is 109 cm³/mol. The van der Waals surface area contributed by atoms with Crippen molar-refractivity contribution in [3.05, 3.63) is 59.1 Å². The van der Waals surface area contributed by atoms with E-state index < -0.39 is 37.3 Å². The summed E-state index contributed by atoms with van der Waals surface area (Å²) < 4.78 is 22.3. The Bertz CT molecular complexity index is 815. The lowest BCUT2D eigenvalue weighted by molar-refractivity contribution is -0.275. The highest BCUT2D eigenvalue weighted by Gasteiger charge is 2.47. The highest BCUT2D eigenvalue weighted by Crippen LogP contribution is 2.27. The minimum absolute atomic E-state index is 0.277. The average Bonchev–Trinajstić information content (AvgIpc) is 2.71. The lowest BCUT2D eigenvalue weighted by Gasteiger charge is -2.41. The van der Waals surface area contributed by atoms with Crippen molar-refractivity contribution >= 4 is 29.1 Å². The van der Waals surface area contributed by atoms with Crippen molar-refractivity contribution in [2.45, 2.75) is 37.6 Å². The summed E-state index contributed by atoms with van der Waals surface area (Å²) in [6.45, 7) is 1.42. The number of aliphatic hydroxyl groups is 3. The van der Waals surface area contributed by atoms with Gasteiger partial charge in [-0.05, 0) is 43.3 Å². The Morgan fingerprint density at radius 3 is 2.28 bits per heavy atom. The lowest BCUT2D eigenvalue weighted by atomic mass is 9.99. The van der Waals surface area contributed by atoms with E-state index in [1.54, 1.807) is 36.4 Å². The van der Waals surface area contributed by atoms with Crippen LogP contribution in [-0.4, -0.2) is 57.9 Å². The minimum Gasteiger partial charge on any atom is -0.461 e. The van der Waals surface area contributed by atoms with E-state index in [9.17, 15) is 15.3 Å². The van der Waals surface area contributed by atoms with Gasteiger partial charge < -0.3 is 34.3 Å². The fraction of sp³-hybridized carbons (Fsp3) is 0.350. The normalized spacial score (nSPS) is 26.6. The molecule has 0 aliphatic carbocycles. The van der Waals surface area contributed by atoms with Crippen LogP contribution in [0, 0.1) is 6.92 Å². The second-order valence-electron chi connectivity index (χ2n) is 6.53. The van der Waals surface area contributed by atoms with Crippen LogP contribution < -0.4 is 9.47 Å². The molecule has 0 bridgehead atoms. The third-order valence-electron chi connectivity index (χ3n) is 4.34. The Hall–Kier alpha value is -1.94. The van der Waals surface area contributed by atoms with E-state index in [4.69, 9.17) is 42.8 Å². The van der Waals surface area contributed by atoms with Crippen LogP contribution in [0.3, 0.4) is 0 Å². The van der Waals surface area contributed by atoms with E-state index in [1.165, 1.54) is 0 Å². The molecule has 2 aromatic rings. The molecule has 2 aromatic carbocycles. The fourth-order valence-corrected chi connectivity index (χ4v) is 3.09. The van der Waals surface area contributed by atoms with E-state index in [0.29, 0.717) is 16.5 Å². The van der Waals surface area contributed by atoms with Gasteiger partial charge >= 0.3 is 5.24 Å². The van der Waals surface area contributed by atoms with Crippen LogP contribution in [0.4, 0.5) is 0 Å². The molecule has 1 saturated heterocycles. The van der Waals surface area contributed by atoms with E-state index >= 15 is 0 Å². The van der Waals surface area contributed by atoms with Crippen molar-refractivity contribution < 1.29 is 34.3 Å². The molecular weight excluding hydrogens is 420 g/mol. The van der Waals surface area contributed by atoms with Gasteiger partial charge in [-0.1, -0.05) is 29.3 Å². The molecule has 0 spiro atoms. The third kappa shape index (κ3) is 5.57. The first-order valence-electron chi connectivity index (χ1n) is 8.87. The first-order chi connectivity index (χ1) is 13.9. The van der Waals surface area contributed by atoms with Crippen molar-refractivity contribution in [2.24, 2.45) is 0 Å². The van der Waals surface area contributed by atoms with E-state index in [2.05, 4.69) is 0 Å². The number of aliphatic hydroxyl groups excluding tert-OH is 3. The summed E-state index contributed by atoms with van der Waals surface area (Å²) in [5.74, 6) is 0.842. The molecule has 29 heavy (non-hydrogen) atoms. The number of benzene rings is 2. The molecule has 0 saturated carbocycles. The highest BCUT2D eigenvalue weighted by atomic mass is 35.5. The van der Waals surface area contributed by atoms with Crippen LogP contribution in [0.25, 0.3) is 0 Å². The highest BCUT2D eigenvalue weighted by molar-refractivity contribution is 7.79. The summed E-state index contributed by atoms with van der Waals surface area (Å²) in [6.07, 6.45) is -6.29. The Balaban J connectivity index is 1.74. The molecule has 0 amide bonds. The molecule has 156 valence electrons. The van der Waals surface area contributed by atoms with Gasteiger partial charge in [0, 0.05) is 17.2 Å². The maximum Gasteiger partial charge on any atom is 0.358 e. The second-order valence-corrected chi connectivity index (χ2v) is 7.30. The summed E-state index contributed by atoms with van der Waals surface area (Å²) in [7, 11) is 0. The Morgan fingerprint density at radius 1 is 1.03 bits per heavy atom. The molecule has 5 atom stereocenters. The second kappa shape index (κ2) is 9.71. The predicted octanol–water partition coefficient (Wildman–Crippen LogP) is 2.22. The maximum atomic E-state index is 10.5. The van der Waals surface area contributed by atoms with Crippen LogP contribution in [0.15, 0.2) is 48.5 Å². The van der Waals surface area contributed by atoms with Crippen LogP contribution >= 0.6 is 23.8 Å². The number of ether oxygens (including phenoxy) is 4. The summed E-state index contributed by atoms with van der Waals surface area (Å²) in [4.78, 5) is 0. The lowest BCUT2D eigenvalue weighted by Crippen LogP contribution is -2.61. The van der Waals surface area contributed by atoms with Crippen LogP contribution in [0.2, 0.25) is 5.02 Å². The fourth-order valence-electron chi connectivity index (χ4n) is 2.76. The SMILES string of the molecule is Cc1ccc(OC(=S)O[C@H]2[C@@H](Oc3ccc(Cl)cc3)O[C@H](CO)[C@@H](O)[C@@H]2O)cc1. The monoisotopic (exact) mass is 440 g/mol. The van der Waals surface area contributed by atoms with Crippen molar-refractivity contribution in [1.29, 1.82) is 0 Å². The molecule has 0 aromatic heterocycles. The van der Waals surface area contributed by atoms with Crippen molar-refractivity contribution in [3.63, 3.8) is 0 Å². The van der Waals surface area contributed by atoms with Gasteiger partial charge in [-0.2, -0.15) is 0 Å². The molecule has 1 aliphatic heterocycles. The Morgan fingerprint density at radius 2 is 1.66 bits per heavy atom. The maximum absolute atomic E-state index is 10.5. The summed E-state index contributed by atoms with van der Waals surface area (Å²) in [5.41, 5.74) is 1.05. The first-order valence-corrected chi connectivity index (χ1v) is 9.66. The van der Waals surface area contributed by atoms with Gasteiger partial charge in [-0.3, -0.25) is 0 Å². The van der Waals surface area contributed by atoms with Crippen LogP contribution in [0.1, 0.15) is 5.56 Å². The van der Waals surface area contributed by atoms with Crippen LogP contribution in [-0.2, 0) is 9.47 Å². The Labute approximate surface area is 178 Å². The summed E-state index contributed by atoms with van der Waals surface area (Å²) in [6, 6.07) is 13.6. The van der Waals surface area contributed by atoms with Gasteiger partial charge in [0.25, 0.3) is 0 Å². The average molecular weight is 441 g/mol. The molecule has 7 nitrogen and oxygen atoms in total. The number of thiocarbonyl (C=S) groups is 1. The summed E-state index contributed by atoms with van der Waals surface area (Å²) >= 11 is 11.0. The largest absolute Gasteiger partial charge is 0.461 e. The molecule has 0 unspecified atom stereocenters. The van der Waals surface area contributed by atoms with Gasteiger partial charge in [0.1, 0.15) is 29.8 Å². The van der Waals surface area contributed by atoms with E-state index in [1.807, 2.05) is 19.1 Å². The van der Waals surface area contributed by atoms with Crippen molar-refractivity contribution in [3.8, 4) is 11.5 Å². The quantitative estimate of drug-likeness (QED) is 0.609. The number of halogens is 1. The molecule has 1 fully saturated rings. The van der Waals surface area contributed by atoms with Crippen LogP contribution in [0.5, 0.6) is 11.5 Å². The van der Waals surface area contributed by atoms with E-state index in [-0.39, 0.29) is 5.24 Å². The van der Waals surface area contributed by atoms with E-state index in [0.717, 1.165) is 5.56 Å². The zero-order chi connectivity index (χ0) is 21.0. The first kappa shape index (κ1) is 21.8. The minimum atomic E-state index is -1.45. The third-order valence-corrected chi connectivity index (χ3v) is 4.78. The number of hydrogen-bond acceptors (Lipinski definition) is 8. The molecule has 1 aliphatic rings.